The van der Waals surface area contributed by atoms with Crippen LogP contribution in [0.5, 0.6) is 11.5 Å². The van der Waals surface area contributed by atoms with Crippen molar-refractivity contribution in [2.45, 2.75) is 11.1 Å². The van der Waals surface area contributed by atoms with Crippen LogP contribution in [0.25, 0.3) is 6.08 Å². The molecule has 6 nitrogen and oxygen atoms in total. The standard InChI is InChI=1S/C15H12ClNO5S2/c1-9-2-5-14(23-9)24(19,20)17-13(18)4-3-10-6-11(16)15-12(7-10)21-8-22-15/h2-7H,8H2,1H3,(H,17,18). The third kappa shape index (κ3) is 3.55. The van der Waals surface area contributed by atoms with Crippen molar-refractivity contribution in [1.29, 1.82) is 0 Å². The summed E-state index contributed by atoms with van der Waals surface area (Å²) in [4.78, 5) is 12.7. The first-order valence-electron chi connectivity index (χ1n) is 6.75. The Morgan fingerprint density at radius 3 is 2.83 bits per heavy atom. The van der Waals surface area contributed by atoms with E-state index in [1.165, 1.54) is 12.1 Å². The van der Waals surface area contributed by atoms with Gasteiger partial charge in [0, 0.05) is 11.0 Å². The second kappa shape index (κ2) is 6.46. The predicted octanol–water partition coefficient (Wildman–Crippen LogP) is 2.96. The quantitative estimate of drug-likeness (QED) is 0.818. The van der Waals surface area contributed by atoms with Gasteiger partial charge >= 0.3 is 0 Å². The number of carbonyl (C=O) groups excluding carboxylic acids is 1. The Labute approximate surface area is 147 Å². The van der Waals surface area contributed by atoms with Crippen LogP contribution in [0.3, 0.4) is 0 Å². The second-order valence-electron chi connectivity index (χ2n) is 4.90. The summed E-state index contributed by atoms with van der Waals surface area (Å²) < 4.78 is 36.6. The number of benzene rings is 1. The average molecular weight is 386 g/mol. The molecule has 0 atom stereocenters. The number of thiophene rings is 1. The summed E-state index contributed by atoms with van der Waals surface area (Å²) in [5.74, 6) is 0.174. The first-order valence-corrected chi connectivity index (χ1v) is 9.43. The first kappa shape index (κ1) is 16.8. The van der Waals surface area contributed by atoms with Crippen LogP contribution in [-0.2, 0) is 14.8 Å². The summed E-state index contributed by atoms with van der Waals surface area (Å²) in [6.07, 6.45) is 2.56. The lowest BCUT2D eigenvalue weighted by Gasteiger charge is -2.03. The summed E-state index contributed by atoms with van der Waals surface area (Å²) in [6.45, 7) is 1.87. The van der Waals surface area contributed by atoms with Crippen LogP contribution >= 0.6 is 22.9 Å². The lowest BCUT2D eigenvalue weighted by molar-refractivity contribution is -0.114. The molecule has 3 rings (SSSR count). The summed E-state index contributed by atoms with van der Waals surface area (Å²) in [5, 5.41) is 0.353. The fourth-order valence-electron chi connectivity index (χ4n) is 2.03. The third-order valence-electron chi connectivity index (χ3n) is 3.09. The molecule has 1 amide bonds. The summed E-state index contributed by atoms with van der Waals surface area (Å²) in [6, 6.07) is 6.37. The van der Waals surface area contributed by atoms with Crippen molar-refractivity contribution in [1.82, 2.24) is 4.72 Å². The van der Waals surface area contributed by atoms with Gasteiger partial charge in [-0.25, -0.2) is 13.1 Å². The van der Waals surface area contributed by atoms with Gasteiger partial charge in [0.1, 0.15) is 4.21 Å². The highest BCUT2D eigenvalue weighted by atomic mass is 35.5. The van der Waals surface area contributed by atoms with E-state index in [1.54, 1.807) is 25.1 Å². The molecule has 0 saturated carbocycles. The minimum absolute atomic E-state index is 0.0845. The molecule has 0 aliphatic carbocycles. The van der Waals surface area contributed by atoms with E-state index < -0.39 is 15.9 Å². The van der Waals surface area contributed by atoms with Gasteiger partial charge in [0.2, 0.25) is 6.79 Å². The van der Waals surface area contributed by atoms with Gasteiger partial charge in [0.15, 0.2) is 11.5 Å². The molecule has 0 spiro atoms. The van der Waals surface area contributed by atoms with E-state index in [0.717, 1.165) is 22.3 Å². The van der Waals surface area contributed by atoms with Crippen LogP contribution in [0.15, 0.2) is 34.6 Å². The first-order chi connectivity index (χ1) is 11.3. The Kier molecular flexibility index (Phi) is 4.53. The molecule has 1 N–H and O–H groups in total. The fourth-order valence-corrected chi connectivity index (χ4v) is 4.53. The van der Waals surface area contributed by atoms with Gasteiger partial charge < -0.3 is 9.47 Å². The van der Waals surface area contributed by atoms with Crippen molar-refractivity contribution in [2.75, 3.05) is 6.79 Å². The van der Waals surface area contributed by atoms with Gasteiger partial charge in [-0.05, 0) is 42.8 Å². The number of halogens is 1. The molecule has 1 aliphatic heterocycles. The molecule has 1 aliphatic rings. The number of rotatable bonds is 4. The molecule has 0 radical (unpaired) electrons. The molecule has 2 aromatic rings. The highest BCUT2D eigenvalue weighted by Crippen LogP contribution is 2.40. The maximum Gasteiger partial charge on any atom is 0.273 e. The Morgan fingerprint density at radius 2 is 2.12 bits per heavy atom. The van der Waals surface area contributed by atoms with Crippen molar-refractivity contribution in [3.63, 3.8) is 0 Å². The molecule has 1 aromatic heterocycles. The van der Waals surface area contributed by atoms with Crippen LogP contribution in [0.2, 0.25) is 5.02 Å². The number of fused-ring (bicyclic) bond motifs is 1. The summed E-state index contributed by atoms with van der Waals surface area (Å²) in [5.41, 5.74) is 0.587. The van der Waals surface area contributed by atoms with Gasteiger partial charge in [-0.15, -0.1) is 11.3 Å². The van der Waals surface area contributed by atoms with Crippen LogP contribution in [0, 0.1) is 6.92 Å². The van der Waals surface area contributed by atoms with E-state index in [-0.39, 0.29) is 11.0 Å². The molecule has 9 heteroatoms. The fraction of sp³-hybridized carbons (Fsp3) is 0.133. The van der Waals surface area contributed by atoms with Crippen molar-refractivity contribution in [2.24, 2.45) is 0 Å². The zero-order valence-corrected chi connectivity index (χ0v) is 14.8. The maximum atomic E-state index is 12.1. The Morgan fingerprint density at radius 1 is 1.33 bits per heavy atom. The van der Waals surface area contributed by atoms with E-state index in [4.69, 9.17) is 21.1 Å². The van der Waals surface area contributed by atoms with Gasteiger partial charge in [0.25, 0.3) is 15.9 Å². The largest absolute Gasteiger partial charge is 0.454 e. The van der Waals surface area contributed by atoms with E-state index in [9.17, 15) is 13.2 Å². The van der Waals surface area contributed by atoms with Crippen LogP contribution in [0.4, 0.5) is 0 Å². The zero-order chi connectivity index (χ0) is 17.3. The number of sulfonamides is 1. The molecular formula is C15H12ClNO5S2. The lowest BCUT2D eigenvalue weighted by Crippen LogP contribution is -2.28. The van der Waals surface area contributed by atoms with Crippen molar-refractivity contribution >= 4 is 44.9 Å². The molecule has 0 fully saturated rings. The summed E-state index contributed by atoms with van der Waals surface area (Å²) >= 11 is 7.14. The topological polar surface area (TPSA) is 81.7 Å². The molecule has 0 unspecified atom stereocenters. The smallest absolute Gasteiger partial charge is 0.273 e. The van der Waals surface area contributed by atoms with E-state index in [1.807, 2.05) is 4.72 Å². The second-order valence-corrected chi connectivity index (χ2v) is 8.51. The van der Waals surface area contributed by atoms with Crippen molar-refractivity contribution in [3.05, 3.63) is 45.8 Å². The van der Waals surface area contributed by atoms with Gasteiger partial charge in [0.05, 0.1) is 5.02 Å². The zero-order valence-electron chi connectivity index (χ0n) is 12.4. The van der Waals surface area contributed by atoms with E-state index >= 15 is 0 Å². The average Bonchev–Trinajstić information content (AvgIpc) is 3.14. The molecule has 24 heavy (non-hydrogen) atoms. The van der Waals surface area contributed by atoms with E-state index in [0.29, 0.717) is 22.1 Å². The molecule has 1 aromatic carbocycles. The van der Waals surface area contributed by atoms with Crippen molar-refractivity contribution < 1.29 is 22.7 Å². The molecule has 0 bridgehead atoms. The molecule has 0 saturated heterocycles. The molecular weight excluding hydrogens is 374 g/mol. The number of amides is 1. The van der Waals surface area contributed by atoms with Crippen molar-refractivity contribution in [3.8, 4) is 11.5 Å². The Hall–Kier alpha value is -2.03. The normalized spacial score (nSPS) is 13.4. The van der Waals surface area contributed by atoms with Gasteiger partial charge in [-0.3, -0.25) is 4.79 Å². The minimum Gasteiger partial charge on any atom is -0.454 e. The van der Waals surface area contributed by atoms with E-state index in [2.05, 4.69) is 0 Å². The number of hydrogen-bond acceptors (Lipinski definition) is 6. The monoisotopic (exact) mass is 385 g/mol. The molecule has 126 valence electrons. The Bertz CT molecular complexity index is 933. The number of hydrogen-bond donors (Lipinski definition) is 1. The molecule has 2 heterocycles. The van der Waals surface area contributed by atoms with Crippen LogP contribution in [0.1, 0.15) is 10.4 Å². The number of aryl methyl sites for hydroxylation is 1. The van der Waals surface area contributed by atoms with Gasteiger partial charge in [-0.2, -0.15) is 0 Å². The maximum absolute atomic E-state index is 12.1. The summed E-state index contributed by atoms with van der Waals surface area (Å²) in [7, 11) is -3.86. The van der Waals surface area contributed by atoms with Crippen LogP contribution < -0.4 is 14.2 Å². The Balaban J connectivity index is 1.73. The number of nitrogens with one attached hydrogen (secondary N) is 1. The predicted molar refractivity (Wildman–Crippen MR) is 91.0 cm³/mol. The minimum atomic E-state index is -3.86. The lowest BCUT2D eigenvalue weighted by atomic mass is 10.2. The highest BCUT2D eigenvalue weighted by molar-refractivity contribution is 7.92. The number of carbonyl (C=O) groups is 1. The van der Waals surface area contributed by atoms with Crippen LogP contribution in [-0.4, -0.2) is 21.1 Å². The van der Waals surface area contributed by atoms with Gasteiger partial charge in [-0.1, -0.05) is 11.6 Å². The SMILES string of the molecule is Cc1ccc(S(=O)(=O)NC(=O)C=Cc2cc(Cl)c3c(c2)OCO3)s1. The number of ether oxygens (including phenoxy) is 2. The third-order valence-corrected chi connectivity index (χ3v) is 6.21. The highest BCUT2D eigenvalue weighted by Gasteiger charge is 2.19.